The first-order valence-electron chi connectivity index (χ1n) is 5.54. The molecule has 0 saturated heterocycles. The summed E-state index contributed by atoms with van der Waals surface area (Å²) in [6, 6.07) is 10.6. The van der Waals surface area contributed by atoms with Gasteiger partial charge in [0.15, 0.2) is 5.76 Å². The molecule has 1 aromatic heterocycles. The summed E-state index contributed by atoms with van der Waals surface area (Å²) in [6.45, 7) is 1.88. The molecule has 2 aromatic rings. The summed E-state index contributed by atoms with van der Waals surface area (Å²) in [7, 11) is 0. The molecule has 0 fully saturated rings. The van der Waals surface area contributed by atoms with Crippen LogP contribution >= 0.6 is 0 Å². The molecule has 1 aromatic carbocycles. The first-order chi connectivity index (χ1) is 8.22. The van der Waals surface area contributed by atoms with Crippen molar-refractivity contribution in [2.45, 2.75) is 19.8 Å². The summed E-state index contributed by atoms with van der Waals surface area (Å²) in [5.74, 6) is 0.111. The van der Waals surface area contributed by atoms with Crippen LogP contribution in [0.4, 0.5) is 0 Å². The third kappa shape index (κ3) is 2.36. The van der Waals surface area contributed by atoms with Crippen LogP contribution in [-0.4, -0.2) is 10.6 Å². The number of benzene rings is 1. The van der Waals surface area contributed by atoms with Crippen molar-refractivity contribution < 1.29 is 9.32 Å². The number of hydrogen-bond donors (Lipinski definition) is 0. The van der Waals surface area contributed by atoms with Crippen molar-refractivity contribution in [1.29, 1.82) is 0 Å². The van der Waals surface area contributed by atoms with Crippen molar-refractivity contribution in [3.63, 3.8) is 0 Å². The molecule has 4 nitrogen and oxygen atoms in total. The van der Waals surface area contributed by atoms with Crippen LogP contribution in [-0.2, 0) is 0 Å². The Morgan fingerprint density at radius 3 is 2.65 bits per heavy atom. The molecule has 0 atom stereocenters. The maximum atomic E-state index is 11.6. The summed E-state index contributed by atoms with van der Waals surface area (Å²) in [4.78, 5) is 23.2. The molecule has 0 spiro atoms. The summed E-state index contributed by atoms with van der Waals surface area (Å²) in [5, 5.41) is 0. The molecule has 1 heterocycles. The zero-order valence-electron chi connectivity index (χ0n) is 9.55. The highest BCUT2D eigenvalue weighted by molar-refractivity contribution is 5.77. The van der Waals surface area contributed by atoms with Crippen LogP contribution in [0.1, 0.15) is 24.6 Å². The Morgan fingerprint density at radius 1 is 1.29 bits per heavy atom. The second kappa shape index (κ2) is 4.82. The van der Waals surface area contributed by atoms with Crippen LogP contribution < -0.4 is 5.56 Å². The quantitative estimate of drug-likeness (QED) is 0.815. The van der Waals surface area contributed by atoms with Crippen molar-refractivity contribution in [2.24, 2.45) is 0 Å². The van der Waals surface area contributed by atoms with Crippen LogP contribution in [0.3, 0.4) is 0 Å². The van der Waals surface area contributed by atoms with E-state index in [1.54, 1.807) is 0 Å². The molecule has 17 heavy (non-hydrogen) atoms. The molecule has 88 valence electrons. The first kappa shape index (κ1) is 11.4. The summed E-state index contributed by atoms with van der Waals surface area (Å²) in [6.07, 6.45) is 0.994. The van der Waals surface area contributed by atoms with Gasteiger partial charge in [-0.15, -0.1) is 4.74 Å². The van der Waals surface area contributed by atoms with Crippen molar-refractivity contribution in [2.75, 3.05) is 0 Å². The molecule has 0 N–H and O–H groups in total. The van der Waals surface area contributed by atoms with Crippen molar-refractivity contribution in [3.05, 3.63) is 46.8 Å². The largest absolute Gasteiger partial charge is 0.368 e. The van der Waals surface area contributed by atoms with Gasteiger partial charge in [0.2, 0.25) is 0 Å². The molecule has 0 amide bonds. The second-order valence-corrected chi connectivity index (χ2v) is 3.74. The maximum Gasteiger partial charge on any atom is 0.290 e. The smallest absolute Gasteiger partial charge is 0.290 e. The molecule has 0 saturated carbocycles. The highest BCUT2D eigenvalue weighted by Crippen LogP contribution is 2.17. The summed E-state index contributed by atoms with van der Waals surface area (Å²) >= 11 is 0. The molecular formula is C13H13NO3. The monoisotopic (exact) mass is 231 g/mol. The van der Waals surface area contributed by atoms with Crippen molar-refractivity contribution in [3.8, 4) is 11.3 Å². The van der Waals surface area contributed by atoms with E-state index in [0.717, 1.165) is 10.3 Å². The lowest BCUT2D eigenvalue weighted by molar-refractivity contribution is 0.0780. The number of hydrogen-bond acceptors (Lipinski definition) is 3. The summed E-state index contributed by atoms with van der Waals surface area (Å²) in [5.41, 5.74) is 0.370. The van der Waals surface area contributed by atoms with E-state index < -0.39 is 5.56 Å². The maximum absolute atomic E-state index is 11.6. The van der Waals surface area contributed by atoms with Crippen LogP contribution in [0.2, 0.25) is 0 Å². The van der Waals surface area contributed by atoms with E-state index in [-0.39, 0.29) is 5.91 Å². The Balaban J connectivity index is 2.38. The average Bonchev–Trinajstić information content (AvgIpc) is 2.73. The van der Waals surface area contributed by atoms with Gasteiger partial charge in [-0.2, -0.15) is 0 Å². The van der Waals surface area contributed by atoms with Crippen molar-refractivity contribution in [1.82, 2.24) is 4.74 Å². The third-order valence-corrected chi connectivity index (χ3v) is 2.39. The Bertz CT molecular complexity index is 566. The van der Waals surface area contributed by atoms with Gasteiger partial charge in [-0.1, -0.05) is 37.3 Å². The minimum absolute atomic E-state index is 0.306. The molecule has 0 aliphatic carbocycles. The minimum Gasteiger partial charge on any atom is -0.368 e. The Labute approximate surface area is 98.4 Å². The molecular weight excluding hydrogens is 218 g/mol. The SMILES string of the molecule is CCCC(=O)n1oc(-c2ccccc2)cc1=O. The zero-order chi connectivity index (χ0) is 12.3. The van der Waals surface area contributed by atoms with Crippen LogP contribution in [0.15, 0.2) is 45.7 Å². The first-order valence-corrected chi connectivity index (χ1v) is 5.54. The van der Waals surface area contributed by atoms with Gasteiger partial charge in [-0.3, -0.25) is 9.59 Å². The van der Waals surface area contributed by atoms with Crippen molar-refractivity contribution >= 4 is 5.91 Å². The number of nitrogens with zero attached hydrogens (tertiary/aromatic N) is 1. The lowest BCUT2D eigenvalue weighted by Crippen LogP contribution is -2.21. The van der Waals surface area contributed by atoms with E-state index in [9.17, 15) is 9.59 Å². The van der Waals surface area contributed by atoms with E-state index in [0.29, 0.717) is 18.6 Å². The fraction of sp³-hybridized carbons (Fsp3) is 0.231. The fourth-order valence-electron chi connectivity index (χ4n) is 1.57. The zero-order valence-corrected chi connectivity index (χ0v) is 9.55. The predicted molar refractivity (Wildman–Crippen MR) is 63.9 cm³/mol. The third-order valence-electron chi connectivity index (χ3n) is 2.39. The molecule has 4 heteroatoms. The minimum atomic E-state index is -0.415. The Hall–Kier alpha value is -2.10. The number of carbonyl (C=O) groups is 1. The molecule has 0 bridgehead atoms. The van der Waals surface area contributed by atoms with Gasteiger partial charge >= 0.3 is 0 Å². The topological polar surface area (TPSA) is 52.2 Å². The lowest BCUT2D eigenvalue weighted by Gasteiger charge is -1.97. The van der Waals surface area contributed by atoms with E-state index in [1.165, 1.54) is 6.07 Å². The average molecular weight is 231 g/mol. The van der Waals surface area contributed by atoms with E-state index >= 15 is 0 Å². The number of rotatable bonds is 3. The standard InChI is InChI=1S/C13H13NO3/c1-2-6-12(15)14-13(16)9-11(17-14)10-7-4-3-5-8-10/h3-5,7-9H,2,6H2,1H3. The van der Waals surface area contributed by atoms with Gasteiger partial charge in [0, 0.05) is 12.0 Å². The molecule has 0 unspecified atom stereocenters. The van der Waals surface area contributed by atoms with Gasteiger partial charge in [0.25, 0.3) is 11.5 Å². The fourth-order valence-corrected chi connectivity index (χ4v) is 1.57. The van der Waals surface area contributed by atoms with Crippen LogP contribution in [0.5, 0.6) is 0 Å². The molecule has 0 radical (unpaired) electrons. The lowest BCUT2D eigenvalue weighted by atomic mass is 10.2. The van der Waals surface area contributed by atoms with E-state index in [4.69, 9.17) is 4.52 Å². The molecule has 0 aliphatic heterocycles. The van der Waals surface area contributed by atoms with Gasteiger partial charge in [0.1, 0.15) is 0 Å². The van der Waals surface area contributed by atoms with E-state index in [1.807, 2.05) is 37.3 Å². The summed E-state index contributed by atoms with van der Waals surface area (Å²) < 4.78 is 6.09. The van der Waals surface area contributed by atoms with Gasteiger partial charge in [-0.05, 0) is 6.42 Å². The number of aromatic nitrogens is 1. The highest BCUT2D eigenvalue weighted by atomic mass is 16.5. The van der Waals surface area contributed by atoms with Gasteiger partial charge in [-0.25, -0.2) is 0 Å². The Morgan fingerprint density at radius 2 is 2.00 bits per heavy atom. The Kier molecular flexibility index (Phi) is 3.23. The van der Waals surface area contributed by atoms with Crippen LogP contribution in [0, 0.1) is 0 Å². The second-order valence-electron chi connectivity index (χ2n) is 3.74. The van der Waals surface area contributed by atoms with Gasteiger partial charge in [0.05, 0.1) is 6.07 Å². The molecule has 2 rings (SSSR count). The molecule has 0 aliphatic rings. The predicted octanol–water partition coefficient (Wildman–Crippen LogP) is 2.55. The normalized spacial score (nSPS) is 10.4. The number of carbonyl (C=O) groups excluding carboxylic acids is 1. The van der Waals surface area contributed by atoms with E-state index in [2.05, 4.69) is 0 Å². The highest BCUT2D eigenvalue weighted by Gasteiger charge is 2.13. The van der Waals surface area contributed by atoms with Crippen LogP contribution in [0.25, 0.3) is 11.3 Å². The van der Waals surface area contributed by atoms with Gasteiger partial charge < -0.3 is 4.52 Å².